The standard InChI is InChI=1S/C15H16N2O2S/c1-3-8-16-15(18)12-4-6-14(7-5-12)19-9-13-10-20-11(2)17-13/h3-7,10H,1,8-9H2,2H3,(H,16,18). The first-order valence-corrected chi connectivity index (χ1v) is 7.10. The third kappa shape index (κ3) is 3.93. The number of benzene rings is 1. The van der Waals surface area contributed by atoms with Crippen molar-refractivity contribution in [1.82, 2.24) is 10.3 Å². The summed E-state index contributed by atoms with van der Waals surface area (Å²) >= 11 is 1.60. The fourth-order valence-corrected chi connectivity index (χ4v) is 2.20. The Kier molecular flexibility index (Phi) is 4.90. The van der Waals surface area contributed by atoms with Crippen LogP contribution in [0.4, 0.5) is 0 Å². The predicted octanol–water partition coefficient (Wildman–Crippen LogP) is 2.95. The van der Waals surface area contributed by atoms with Gasteiger partial charge in [-0.05, 0) is 31.2 Å². The van der Waals surface area contributed by atoms with E-state index < -0.39 is 0 Å². The number of nitrogens with one attached hydrogen (secondary N) is 1. The van der Waals surface area contributed by atoms with Gasteiger partial charge in [-0.25, -0.2) is 4.98 Å². The van der Waals surface area contributed by atoms with Gasteiger partial charge in [0.1, 0.15) is 12.4 Å². The Hall–Kier alpha value is -2.14. The van der Waals surface area contributed by atoms with Crippen molar-refractivity contribution < 1.29 is 9.53 Å². The third-order valence-corrected chi connectivity index (χ3v) is 3.40. The third-order valence-electron chi connectivity index (χ3n) is 2.58. The van der Waals surface area contributed by atoms with Gasteiger partial charge >= 0.3 is 0 Å². The summed E-state index contributed by atoms with van der Waals surface area (Å²) < 4.78 is 5.62. The molecule has 0 aliphatic carbocycles. The van der Waals surface area contributed by atoms with Crippen LogP contribution in [0.25, 0.3) is 0 Å². The lowest BCUT2D eigenvalue weighted by molar-refractivity contribution is 0.0958. The highest BCUT2D eigenvalue weighted by Gasteiger charge is 2.05. The normalized spacial score (nSPS) is 10.1. The minimum absolute atomic E-state index is 0.119. The molecule has 0 bridgehead atoms. The van der Waals surface area contributed by atoms with Crippen molar-refractivity contribution in [1.29, 1.82) is 0 Å². The van der Waals surface area contributed by atoms with Crippen molar-refractivity contribution in [2.45, 2.75) is 13.5 Å². The fourth-order valence-electron chi connectivity index (χ4n) is 1.60. The molecule has 1 aromatic heterocycles. The van der Waals surface area contributed by atoms with Crippen LogP contribution >= 0.6 is 11.3 Å². The average Bonchev–Trinajstić information content (AvgIpc) is 2.89. The minimum Gasteiger partial charge on any atom is -0.487 e. The van der Waals surface area contributed by atoms with Gasteiger partial charge in [-0.1, -0.05) is 6.08 Å². The summed E-state index contributed by atoms with van der Waals surface area (Å²) in [5.74, 6) is 0.600. The van der Waals surface area contributed by atoms with Gasteiger partial charge < -0.3 is 10.1 Å². The van der Waals surface area contributed by atoms with Crippen LogP contribution in [0.5, 0.6) is 5.75 Å². The molecule has 0 aliphatic heterocycles. The zero-order valence-corrected chi connectivity index (χ0v) is 12.1. The second-order valence-electron chi connectivity index (χ2n) is 4.17. The summed E-state index contributed by atoms with van der Waals surface area (Å²) in [5, 5.41) is 5.73. The van der Waals surface area contributed by atoms with E-state index in [9.17, 15) is 4.79 Å². The maximum Gasteiger partial charge on any atom is 0.251 e. The first kappa shape index (κ1) is 14.3. The zero-order chi connectivity index (χ0) is 14.4. The van der Waals surface area contributed by atoms with Gasteiger partial charge in [0.05, 0.1) is 10.7 Å². The van der Waals surface area contributed by atoms with Crippen LogP contribution < -0.4 is 10.1 Å². The smallest absolute Gasteiger partial charge is 0.251 e. The lowest BCUT2D eigenvalue weighted by atomic mass is 10.2. The summed E-state index contributed by atoms with van der Waals surface area (Å²) in [7, 11) is 0. The van der Waals surface area contributed by atoms with Crippen molar-refractivity contribution in [2.24, 2.45) is 0 Å². The van der Waals surface area contributed by atoms with E-state index in [1.54, 1.807) is 41.7 Å². The lowest BCUT2D eigenvalue weighted by Gasteiger charge is -2.06. The summed E-state index contributed by atoms with van der Waals surface area (Å²) in [6.07, 6.45) is 1.64. The summed E-state index contributed by atoms with van der Waals surface area (Å²) in [6, 6.07) is 7.03. The van der Waals surface area contributed by atoms with Crippen molar-refractivity contribution >= 4 is 17.2 Å². The Morgan fingerprint density at radius 2 is 2.20 bits per heavy atom. The van der Waals surface area contributed by atoms with Crippen molar-refractivity contribution in [3.8, 4) is 5.75 Å². The number of ether oxygens (including phenoxy) is 1. The molecule has 5 heteroatoms. The van der Waals surface area contributed by atoms with Crippen LogP contribution in [0, 0.1) is 6.92 Å². The second kappa shape index (κ2) is 6.86. The van der Waals surface area contributed by atoms with E-state index in [4.69, 9.17) is 4.74 Å². The number of thiazole rings is 1. The number of aromatic nitrogens is 1. The van der Waals surface area contributed by atoms with Crippen LogP contribution in [0.1, 0.15) is 21.1 Å². The second-order valence-corrected chi connectivity index (χ2v) is 5.23. The fraction of sp³-hybridized carbons (Fsp3) is 0.200. The molecule has 0 unspecified atom stereocenters. The Morgan fingerprint density at radius 1 is 1.45 bits per heavy atom. The van der Waals surface area contributed by atoms with Gasteiger partial charge in [0.2, 0.25) is 0 Å². The molecule has 1 amide bonds. The largest absolute Gasteiger partial charge is 0.487 e. The monoisotopic (exact) mass is 288 g/mol. The average molecular weight is 288 g/mol. The van der Waals surface area contributed by atoms with Gasteiger partial charge in [0.15, 0.2) is 0 Å². The van der Waals surface area contributed by atoms with Crippen molar-refractivity contribution in [2.75, 3.05) is 6.54 Å². The molecule has 1 aromatic carbocycles. The Bertz CT molecular complexity index is 590. The van der Waals surface area contributed by atoms with Crippen LogP contribution in [0.2, 0.25) is 0 Å². The Morgan fingerprint density at radius 3 is 2.80 bits per heavy atom. The van der Waals surface area contributed by atoms with Crippen LogP contribution in [0.15, 0.2) is 42.3 Å². The van der Waals surface area contributed by atoms with Crippen molar-refractivity contribution in [3.05, 3.63) is 58.6 Å². The highest BCUT2D eigenvalue weighted by molar-refractivity contribution is 7.09. The van der Waals surface area contributed by atoms with E-state index in [0.717, 1.165) is 16.5 Å². The molecule has 0 fully saturated rings. The van der Waals surface area contributed by atoms with E-state index in [1.165, 1.54) is 0 Å². The SMILES string of the molecule is C=CCNC(=O)c1ccc(OCc2csc(C)n2)cc1. The molecule has 1 N–H and O–H groups in total. The van der Waals surface area contributed by atoms with Gasteiger partial charge in [-0.2, -0.15) is 0 Å². The van der Waals surface area contributed by atoms with Crippen molar-refractivity contribution in [3.63, 3.8) is 0 Å². The summed E-state index contributed by atoms with van der Waals surface area (Å²) in [6.45, 7) is 6.41. The quantitative estimate of drug-likeness (QED) is 0.831. The molecule has 4 nitrogen and oxygen atoms in total. The molecule has 2 rings (SSSR count). The lowest BCUT2D eigenvalue weighted by Crippen LogP contribution is -2.22. The minimum atomic E-state index is -0.119. The van der Waals surface area contributed by atoms with E-state index in [1.807, 2.05) is 12.3 Å². The van der Waals surface area contributed by atoms with Gasteiger partial charge in [0, 0.05) is 17.5 Å². The van der Waals surface area contributed by atoms with Gasteiger partial charge in [0.25, 0.3) is 5.91 Å². The Balaban J connectivity index is 1.91. The molecule has 0 aliphatic rings. The highest BCUT2D eigenvalue weighted by Crippen LogP contribution is 2.15. The molecule has 0 atom stereocenters. The number of carbonyl (C=O) groups excluding carboxylic acids is 1. The molecule has 0 radical (unpaired) electrons. The highest BCUT2D eigenvalue weighted by atomic mass is 32.1. The van der Waals surface area contributed by atoms with Crippen LogP contribution in [0.3, 0.4) is 0 Å². The van der Waals surface area contributed by atoms with E-state index in [0.29, 0.717) is 18.7 Å². The summed E-state index contributed by atoms with van der Waals surface area (Å²) in [5.41, 5.74) is 1.52. The molecule has 0 saturated carbocycles. The number of nitrogens with zero attached hydrogens (tertiary/aromatic N) is 1. The zero-order valence-electron chi connectivity index (χ0n) is 11.3. The topological polar surface area (TPSA) is 51.2 Å². The summed E-state index contributed by atoms with van der Waals surface area (Å²) in [4.78, 5) is 16.0. The molecule has 104 valence electrons. The van der Waals surface area contributed by atoms with E-state index in [2.05, 4.69) is 16.9 Å². The number of hydrogen-bond acceptors (Lipinski definition) is 4. The number of carbonyl (C=O) groups is 1. The number of aryl methyl sites for hydroxylation is 1. The molecule has 0 spiro atoms. The van der Waals surface area contributed by atoms with Gasteiger partial charge in [-0.15, -0.1) is 17.9 Å². The van der Waals surface area contributed by atoms with Crippen LogP contribution in [-0.4, -0.2) is 17.4 Å². The molecular weight excluding hydrogens is 272 g/mol. The Labute approximate surface area is 122 Å². The van der Waals surface area contributed by atoms with Crippen LogP contribution in [-0.2, 0) is 6.61 Å². The maximum atomic E-state index is 11.7. The maximum absolute atomic E-state index is 11.7. The van der Waals surface area contributed by atoms with E-state index in [-0.39, 0.29) is 5.91 Å². The number of amides is 1. The molecular formula is C15H16N2O2S. The number of hydrogen-bond donors (Lipinski definition) is 1. The molecule has 20 heavy (non-hydrogen) atoms. The molecule has 0 saturated heterocycles. The molecule has 1 heterocycles. The predicted molar refractivity (Wildman–Crippen MR) is 80.2 cm³/mol. The first-order chi connectivity index (χ1) is 9.69. The first-order valence-electron chi connectivity index (χ1n) is 6.22. The van der Waals surface area contributed by atoms with E-state index >= 15 is 0 Å². The van der Waals surface area contributed by atoms with Gasteiger partial charge in [-0.3, -0.25) is 4.79 Å². The molecule has 2 aromatic rings. The number of rotatable bonds is 6.